The molecule has 2 rings (SSSR count). The predicted octanol–water partition coefficient (Wildman–Crippen LogP) is 2.11. The summed E-state index contributed by atoms with van der Waals surface area (Å²) in [7, 11) is 0. The number of rotatable bonds is 3. The largest absolute Gasteiger partial charge is 0.325 e. The summed E-state index contributed by atoms with van der Waals surface area (Å²) in [6, 6.07) is 9.89. The van der Waals surface area contributed by atoms with Crippen LogP contribution in [0.25, 0.3) is 0 Å². The van der Waals surface area contributed by atoms with Crippen LogP contribution in [0.4, 0.5) is 5.69 Å². The van der Waals surface area contributed by atoms with Gasteiger partial charge >= 0.3 is 0 Å². The van der Waals surface area contributed by atoms with Crippen LogP contribution in [0.1, 0.15) is 26.7 Å². The van der Waals surface area contributed by atoms with Crippen LogP contribution in [-0.2, 0) is 0 Å². The Bertz CT molecular complexity index is 393. The van der Waals surface area contributed by atoms with Gasteiger partial charge in [0.15, 0.2) is 0 Å². The van der Waals surface area contributed by atoms with Crippen molar-refractivity contribution in [3.8, 4) is 0 Å². The maximum atomic E-state index is 5.51. The van der Waals surface area contributed by atoms with E-state index in [1.54, 1.807) is 0 Å². The van der Waals surface area contributed by atoms with Crippen LogP contribution in [0.2, 0.25) is 0 Å². The number of anilines is 1. The minimum Gasteiger partial charge on any atom is -0.325 e. The van der Waals surface area contributed by atoms with Crippen LogP contribution in [0.3, 0.4) is 0 Å². The molecule has 0 bridgehead atoms. The molecule has 4 nitrogen and oxygen atoms in total. The third-order valence-electron chi connectivity index (χ3n) is 3.15. The zero-order valence-corrected chi connectivity index (χ0v) is 10.4. The van der Waals surface area contributed by atoms with Crippen molar-refractivity contribution in [3.63, 3.8) is 0 Å². The second-order valence-corrected chi connectivity index (χ2v) is 5.02. The van der Waals surface area contributed by atoms with Crippen LogP contribution in [0.5, 0.6) is 0 Å². The molecule has 0 spiro atoms. The van der Waals surface area contributed by atoms with E-state index in [1.807, 2.05) is 30.3 Å². The fraction of sp³-hybridized carbons (Fsp3) is 0.462. The van der Waals surface area contributed by atoms with Gasteiger partial charge in [0.25, 0.3) is 0 Å². The minimum absolute atomic E-state index is 0.0521. The zero-order valence-electron chi connectivity index (χ0n) is 10.4. The molecule has 1 fully saturated rings. The molecule has 1 aromatic rings. The summed E-state index contributed by atoms with van der Waals surface area (Å²) in [5, 5.41) is 3.18. The lowest BCUT2D eigenvalue weighted by atomic mass is 10.0. The number of hydrogen-bond donors (Lipinski definition) is 3. The number of nitrogens with one attached hydrogen (secondary N) is 2. The van der Waals surface area contributed by atoms with E-state index in [9.17, 15) is 0 Å². The maximum Gasteiger partial charge on any atom is 0.210 e. The van der Waals surface area contributed by atoms with Gasteiger partial charge in [0.2, 0.25) is 5.96 Å². The van der Waals surface area contributed by atoms with Crippen LogP contribution >= 0.6 is 0 Å². The van der Waals surface area contributed by atoms with Gasteiger partial charge in [0.05, 0.1) is 5.54 Å². The number of nitrogens with zero attached hydrogens (tertiary/aromatic N) is 1. The Hall–Kier alpha value is -1.55. The average Bonchev–Trinajstić information content (AvgIpc) is 3.13. The Morgan fingerprint density at radius 1 is 1.29 bits per heavy atom. The molecule has 0 amide bonds. The first-order chi connectivity index (χ1) is 8.12. The van der Waals surface area contributed by atoms with Gasteiger partial charge in [0.1, 0.15) is 0 Å². The van der Waals surface area contributed by atoms with E-state index in [-0.39, 0.29) is 5.54 Å². The molecule has 1 aliphatic carbocycles. The fourth-order valence-electron chi connectivity index (χ4n) is 1.92. The van der Waals surface area contributed by atoms with E-state index in [2.05, 4.69) is 29.6 Å². The molecule has 0 aromatic heterocycles. The van der Waals surface area contributed by atoms with Crippen molar-refractivity contribution in [2.24, 2.45) is 16.8 Å². The first kappa shape index (κ1) is 11.9. The van der Waals surface area contributed by atoms with Crippen molar-refractivity contribution in [3.05, 3.63) is 30.3 Å². The summed E-state index contributed by atoms with van der Waals surface area (Å²) >= 11 is 0. The first-order valence-electron chi connectivity index (χ1n) is 6.00. The maximum absolute atomic E-state index is 5.51. The van der Waals surface area contributed by atoms with E-state index in [1.165, 1.54) is 12.8 Å². The summed E-state index contributed by atoms with van der Waals surface area (Å²) in [5.74, 6) is 6.81. The molecule has 4 heteroatoms. The zero-order chi connectivity index (χ0) is 12.3. The van der Waals surface area contributed by atoms with E-state index < -0.39 is 0 Å². The van der Waals surface area contributed by atoms with Gasteiger partial charge in [-0.1, -0.05) is 18.2 Å². The molecule has 92 valence electrons. The van der Waals surface area contributed by atoms with E-state index in [0.717, 1.165) is 5.69 Å². The molecule has 1 aliphatic rings. The molecule has 0 heterocycles. The number of aliphatic imine (C=N–C) groups is 1. The molecule has 0 unspecified atom stereocenters. The van der Waals surface area contributed by atoms with Gasteiger partial charge < -0.3 is 5.32 Å². The summed E-state index contributed by atoms with van der Waals surface area (Å²) in [6.45, 7) is 4.30. The number of para-hydroxylation sites is 1. The summed E-state index contributed by atoms with van der Waals surface area (Å²) in [5.41, 5.74) is 3.56. The molecule has 17 heavy (non-hydrogen) atoms. The lowest BCUT2D eigenvalue weighted by Crippen LogP contribution is -2.39. The lowest BCUT2D eigenvalue weighted by molar-refractivity contribution is 0.454. The highest BCUT2D eigenvalue weighted by atomic mass is 15.3. The Labute approximate surface area is 102 Å². The van der Waals surface area contributed by atoms with Gasteiger partial charge in [0, 0.05) is 5.69 Å². The van der Waals surface area contributed by atoms with Crippen LogP contribution in [-0.4, -0.2) is 11.5 Å². The standard InChI is InChI=1S/C13H20N4/c1-13(2,10-8-9-10)16-12(17-14)15-11-6-4-3-5-7-11/h3-7,10H,8-9,14H2,1-2H3,(H2,15,16,17). The van der Waals surface area contributed by atoms with Crippen molar-refractivity contribution in [2.45, 2.75) is 32.2 Å². The smallest absolute Gasteiger partial charge is 0.210 e. The van der Waals surface area contributed by atoms with Gasteiger partial charge in [-0.15, -0.1) is 0 Å². The van der Waals surface area contributed by atoms with Crippen LogP contribution in [0, 0.1) is 5.92 Å². The summed E-state index contributed by atoms with van der Waals surface area (Å²) < 4.78 is 0. The Morgan fingerprint density at radius 3 is 2.47 bits per heavy atom. The molecule has 0 saturated heterocycles. The highest BCUT2D eigenvalue weighted by Crippen LogP contribution is 2.41. The molecule has 1 aromatic carbocycles. The van der Waals surface area contributed by atoms with Gasteiger partial charge in [-0.25, -0.2) is 10.8 Å². The van der Waals surface area contributed by atoms with Crippen molar-refractivity contribution in [1.29, 1.82) is 0 Å². The van der Waals surface area contributed by atoms with E-state index in [4.69, 9.17) is 5.84 Å². The number of guanidine groups is 1. The monoisotopic (exact) mass is 232 g/mol. The highest BCUT2D eigenvalue weighted by Gasteiger charge is 2.37. The number of hydrogen-bond acceptors (Lipinski definition) is 2. The SMILES string of the molecule is CC(C)(N=C(NN)Nc1ccccc1)C1CC1. The van der Waals surface area contributed by atoms with Gasteiger partial charge in [-0.2, -0.15) is 0 Å². The molecule has 0 radical (unpaired) electrons. The van der Waals surface area contributed by atoms with Crippen molar-refractivity contribution in [1.82, 2.24) is 5.43 Å². The normalized spacial score (nSPS) is 16.8. The molecular formula is C13H20N4. The second-order valence-electron chi connectivity index (χ2n) is 5.02. The average molecular weight is 232 g/mol. The van der Waals surface area contributed by atoms with Gasteiger partial charge in [-0.05, 0) is 44.7 Å². The Kier molecular flexibility index (Phi) is 3.33. The number of nitrogens with two attached hydrogens (primary N) is 1. The summed E-state index contributed by atoms with van der Waals surface area (Å²) in [6.07, 6.45) is 2.53. The fourth-order valence-corrected chi connectivity index (χ4v) is 1.92. The molecule has 0 aliphatic heterocycles. The minimum atomic E-state index is -0.0521. The molecule has 1 saturated carbocycles. The highest BCUT2D eigenvalue weighted by molar-refractivity contribution is 5.93. The third kappa shape index (κ3) is 3.20. The van der Waals surface area contributed by atoms with Crippen molar-refractivity contribution < 1.29 is 0 Å². The lowest BCUT2D eigenvalue weighted by Gasteiger charge is -2.21. The van der Waals surface area contributed by atoms with Crippen molar-refractivity contribution in [2.75, 3.05) is 5.32 Å². The van der Waals surface area contributed by atoms with Gasteiger partial charge in [-0.3, -0.25) is 5.43 Å². The molecule has 0 atom stereocenters. The summed E-state index contributed by atoms with van der Waals surface area (Å²) in [4.78, 5) is 4.65. The molecule has 4 N–H and O–H groups in total. The predicted molar refractivity (Wildman–Crippen MR) is 71.6 cm³/mol. The van der Waals surface area contributed by atoms with Crippen LogP contribution in [0.15, 0.2) is 35.3 Å². The Morgan fingerprint density at radius 2 is 1.94 bits per heavy atom. The van der Waals surface area contributed by atoms with E-state index in [0.29, 0.717) is 11.9 Å². The quantitative estimate of drug-likeness (QED) is 0.324. The second kappa shape index (κ2) is 4.75. The number of hydrazine groups is 1. The van der Waals surface area contributed by atoms with E-state index >= 15 is 0 Å². The third-order valence-corrected chi connectivity index (χ3v) is 3.15. The first-order valence-corrected chi connectivity index (χ1v) is 6.00. The Balaban J connectivity index is 2.08. The molecular weight excluding hydrogens is 212 g/mol. The number of benzene rings is 1. The van der Waals surface area contributed by atoms with Crippen molar-refractivity contribution >= 4 is 11.6 Å². The topological polar surface area (TPSA) is 62.4 Å². The van der Waals surface area contributed by atoms with Crippen LogP contribution < -0.4 is 16.6 Å².